The topological polar surface area (TPSA) is 93.1 Å². The molecule has 2 atom stereocenters. The van der Waals surface area contributed by atoms with Crippen molar-refractivity contribution in [1.29, 1.82) is 0 Å². The Labute approximate surface area is 307 Å². The molecule has 0 rings (SSSR count). The maximum absolute atomic E-state index is 12.0. The van der Waals surface area contributed by atoms with Gasteiger partial charge in [0, 0.05) is 11.5 Å². The van der Waals surface area contributed by atoms with Crippen LogP contribution in [0.4, 0.5) is 0 Å². The molecule has 0 aromatic heterocycles. The molecule has 0 aromatic rings. The number of carbonyl (C=O) groups is 2. The maximum atomic E-state index is 12.0. The van der Waals surface area contributed by atoms with Gasteiger partial charge in [-0.25, -0.2) is 0 Å². The van der Waals surface area contributed by atoms with E-state index in [9.17, 15) is 19.8 Å². The first-order valence-electron chi connectivity index (χ1n) is 20.5. The van der Waals surface area contributed by atoms with E-state index in [-0.39, 0.29) is 24.1 Å². The number of allylic oxidation sites excluding steroid dienone is 2. The first-order valence-corrected chi connectivity index (χ1v) is 21.7. The summed E-state index contributed by atoms with van der Waals surface area (Å²) < 4.78 is 10.7. The van der Waals surface area contributed by atoms with E-state index in [0.29, 0.717) is 37.6 Å². The number of ether oxygens (including phenoxy) is 2. The van der Waals surface area contributed by atoms with Crippen LogP contribution in [0.1, 0.15) is 194 Å². The third-order valence-electron chi connectivity index (χ3n) is 8.89. The smallest absolute Gasteiger partial charge is 0.306 e. The molecule has 0 aliphatic carbocycles. The SMILES string of the molecule is CCCCCC[C@@H](O)C/C=C\CCCCCCCCOC(=O)CCSCCC(=O)OCCCCCCCC/C=C\C[C@H](O)CCCCCC. The molecule has 0 aliphatic heterocycles. The summed E-state index contributed by atoms with van der Waals surface area (Å²) in [6, 6.07) is 0. The van der Waals surface area contributed by atoms with Crippen LogP contribution in [-0.2, 0) is 19.1 Å². The molecule has 2 N–H and O–H groups in total. The third-order valence-corrected chi connectivity index (χ3v) is 9.87. The summed E-state index contributed by atoms with van der Waals surface area (Å²) in [4.78, 5) is 23.9. The van der Waals surface area contributed by atoms with E-state index < -0.39 is 0 Å². The van der Waals surface area contributed by atoms with Gasteiger partial charge in [0.15, 0.2) is 0 Å². The lowest BCUT2D eigenvalue weighted by Crippen LogP contribution is -2.09. The summed E-state index contributed by atoms with van der Waals surface area (Å²) in [5.41, 5.74) is 0. The van der Waals surface area contributed by atoms with Gasteiger partial charge >= 0.3 is 11.9 Å². The van der Waals surface area contributed by atoms with Crippen molar-refractivity contribution in [2.24, 2.45) is 0 Å². The molecule has 288 valence electrons. The standard InChI is InChI=1S/C42H78O6S/c1-3-5-7-23-29-39(43)31-25-19-15-11-9-13-17-21-27-35-47-41(45)33-37-49-38-34-42(46)48-36-28-22-18-14-10-12-16-20-26-32-40(44)30-24-8-6-4-2/h19-20,25-26,39-40,43-44H,3-18,21-24,27-38H2,1-2H3/b25-19-,26-20-/t39-,40-/m1/s1. The minimum absolute atomic E-state index is 0.146. The Morgan fingerprint density at radius 3 is 1.29 bits per heavy atom. The monoisotopic (exact) mass is 711 g/mol. The highest BCUT2D eigenvalue weighted by Crippen LogP contribution is 2.13. The second kappa shape index (κ2) is 39.5. The van der Waals surface area contributed by atoms with Gasteiger partial charge in [0.2, 0.25) is 0 Å². The van der Waals surface area contributed by atoms with Crippen molar-refractivity contribution in [2.75, 3.05) is 24.7 Å². The summed E-state index contributed by atoms with van der Waals surface area (Å²) in [6.07, 6.45) is 38.1. The second-order valence-electron chi connectivity index (χ2n) is 13.8. The summed E-state index contributed by atoms with van der Waals surface area (Å²) >= 11 is 1.60. The van der Waals surface area contributed by atoms with Crippen molar-refractivity contribution in [2.45, 2.75) is 206 Å². The number of aliphatic hydroxyl groups excluding tert-OH is 2. The Balaban J connectivity index is 3.39. The van der Waals surface area contributed by atoms with Gasteiger partial charge in [-0.3, -0.25) is 9.59 Å². The quantitative estimate of drug-likeness (QED) is 0.0374. The van der Waals surface area contributed by atoms with Crippen LogP contribution in [-0.4, -0.2) is 59.1 Å². The Morgan fingerprint density at radius 2 is 0.878 bits per heavy atom. The Kier molecular flexibility index (Phi) is 38.4. The van der Waals surface area contributed by atoms with Crippen LogP contribution in [0.2, 0.25) is 0 Å². The lowest BCUT2D eigenvalue weighted by atomic mass is 10.1. The average Bonchev–Trinajstić information content (AvgIpc) is 3.09. The fraction of sp³-hybridized carbons (Fsp3) is 0.857. The predicted octanol–water partition coefficient (Wildman–Crippen LogP) is 11.6. The largest absolute Gasteiger partial charge is 0.466 e. The molecular formula is C42H78O6S. The molecule has 0 fully saturated rings. The molecule has 0 bridgehead atoms. The molecule has 7 heteroatoms. The first-order chi connectivity index (χ1) is 24.0. The zero-order valence-electron chi connectivity index (χ0n) is 32.0. The van der Waals surface area contributed by atoms with Gasteiger partial charge in [-0.2, -0.15) is 11.8 Å². The lowest BCUT2D eigenvalue weighted by Gasteiger charge is -2.07. The third kappa shape index (κ3) is 39.3. The molecule has 0 saturated carbocycles. The molecule has 49 heavy (non-hydrogen) atoms. The summed E-state index contributed by atoms with van der Waals surface area (Å²) in [5, 5.41) is 20.0. The van der Waals surface area contributed by atoms with Crippen LogP contribution in [0.25, 0.3) is 0 Å². The number of esters is 2. The summed E-state index contributed by atoms with van der Waals surface area (Å²) in [6.45, 7) is 5.42. The van der Waals surface area contributed by atoms with Crippen molar-refractivity contribution < 1.29 is 29.3 Å². The van der Waals surface area contributed by atoms with E-state index in [1.165, 1.54) is 89.9 Å². The van der Waals surface area contributed by atoms with Gasteiger partial charge in [-0.15, -0.1) is 0 Å². The Bertz CT molecular complexity index is 708. The zero-order chi connectivity index (χ0) is 35.9. The number of unbranched alkanes of at least 4 members (excludes halogenated alkanes) is 18. The molecule has 0 aliphatic rings. The zero-order valence-corrected chi connectivity index (χ0v) is 32.8. The molecule has 6 nitrogen and oxygen atoms in total. The lowest BCUT2D eigenvalue weighted by molar-refractivity contribution is -0.144. The van der Waals surface area contributed by atoms with E-state index in [0.717, 1.165) is 77.0 Å². The van der Waals surface area contributed by atoms with Crippen molar-refractivity contribution in [3.63, 3.8) is 0 Å². The van der Waals surface area contributed by atoms with E-state index >= 15 is 0 Å². The number of rotatable bonds is 38. The molecule has 0 radical (unpaired) electrons. The van der Waals surface area contributed by atoms with E-state index in [2.05, 4.69) is 38.2 Å². The van der Waals surface area contributed by atoms with Crippen molar-refractivity contribution in [3.8, 4) is 0 Å². The van der Waals surface area contributed by atoms with Crippen molar-refractivity contribution in [1.82, 2.24) is 0 Å². The van der Waals surface area contributed by atoms with Crippen molar-refractivity contribution in [3.05, 3.63) is 24.3 Å². The molecule has 0 aromatic carbocycles. The fourth-order valence-corrected chi connectivity index (χ4v) is 6.49. The molecular weight excluding hydrogens is 633 g/mol. The van der Waals surface area contributed by atoms with Gasteiger partial charge in [-0.05, 0) is 64.2 Å². The number of carbonyl (C=O) groups excluding carboxylic acids is 2. The number of thioether (sulfide) groups is 1. The van der Waals surface area contributed by atoms with E-state index in [1.807, 2.05) is 0 Å². The summed E-state index contributed by atoms with van der Waals surface area (Å²) in [7, 11) is 0. The van der Waals surface area contributed by atoms with E-state index in [1.54, 1.807) is 11.8 Å². The number of hydrogen-bond donors (Lipinski definition) is 2. The Morgan fingerprint density at radius 1 is 0.510 bits per heavy atom. The molecule has 0 heterocycles. The van der Waals surface area contributed by atoms with E-state index in [4.69, 9.17) is 9.47 Å². The Hall–Kier alpha value is -1.31. The fourth-order valence-electron chi connectivity index (χ4n) is 5.66. The first kappa shape index (κ1) is 47.7. The van der Waals surface area contributed by atoms with Crippen LogP contribution in [0.3, 0.4) is 0 Å². The molecule has 0 spiro atoms. The van der Waals surface area contributed by atoms with Gasteiger partial charge in [-0.1, -0.05) is 141 Å². The normalized spacial score (nSPS) is 13.0. The maximum Gasteiger partial charge on any atom is 0.306 e. The molecule has 0 amide bonds. The minimum Gasteiger partial charge on any atom is -0.466 e. The van der Waals surface area contributed by atoms with Gasteiger partial charge in [0.05, 0.1) is 38.3 Å². The second-order valence-corrected chi connectivity index (χ2v) is 15.0. The van der Waals surface area contributed by atoms with Crippen LogP contribution in [0, 0.1) is 0 Å². The highest BCUT2D eigenvalue weighted by Gasteiger charge is 2.06. The molecule has 0 saturated heterocycles. The summed E-state index contributed by atoms with van der Waals surface area (Å²) in [5.74, 6) is 1.06. The number of aliphatic hydroxyl groups is 2. The van der Waals surface area contributed by atoms with Gasteiger partial charge in [0.25, 0.3) is 0 Å². The predicted molar refractivity (Wildman–Crippen MR) is 210 cm³/mol. The average molecular weight is 711 g/mol. The highest BCUT2D eigenvalue weighted by atomic mass is 32.2. The van der Waals surface area contributed by atoms with Crippen LogP contribution >= 0.6 is 11.8 Å². The van der Waals surface area contributed by atoms with Crippen LogP contribution in [0.5, 0.6) is 0 Å². The van der Waals surface area contributed by atoms with Gasteiger partial charge in [0.1, 0.15) is 0 Å². The van der Waals surface area contributed by atoms with Crippen molar-refractivity contribution >= 4 is 23.7 Å². The van der Waals surface area contributed by atoms with Gasteiger partial charge < -0.3 is 19.7 Å². The highest BCUT2D eigenvalue weighted by molar-refractivity contribution is 7.99. The molecule has 0 unspecified atom stereocenters. The van der Waals surface area contributed by atoms with Crippen LogP contribution in [0.15, 0.2) is 24.3 Å². The number of hydrogen-bond acceptors (Lipinski definition) is 7. The van der Waals surface area contributed by atoms with Crippen LogP contribution < -0.4 is 0 Å². The minimum atomic E-state index is -0.181.